The highest BCUT2D eigenvalue weighted by atomic mass is 127. The molecular formula is C10H5F5I2O6S. The van der Waals surface area contributed by atoms with Gasteiger partial charge in [0.1, 0.15) is 11.3 Å². The highest BCUT2D eigenvalue weighted by Gasteiger charge is 2.66. The number of hydrogen-bond acceptors (Lipinski definition) is 5. The summed E-state index contributed by atoms with van der Waals surface area (Å²) in [6.45, 7) is 0. The number of benzene rings is 1. The van der Waals surface area contributed by atoms with Gasteiger partial charge in [0.2, 0.25) is 0 Å². The van der Waals surface area contributed by atoms with E-state index in [4.69, 9.17) is 4.55 Å². The number of carbonyl (C=O) groups excluding carboxylic acids is 1. The van der Waals surface area contributed by atoms with Crippen molar-refractivity contribution in [2.75, 3.05) is 0 Å². The van der Waals surface area contributed by atoms with E-state index in [9.17, 15) is 40.3 Å². The summed E-state index contributed by atoms with van der Waals surface area (Å²) in [5.74, 6) is -2.88. The van der Waals surface area contributed by atoms with Crippen LogP contribution in [0.4, 0.5) is 22.0 Å². The van der Waals surface area contributed by atoms with Crippen LogP contribution in [-0.2, 0) is 14.9 Å². The van der Waals surface area contributed by atoms with Crippen LogP contribution in [0.5, 0.6) is 5.75 Å². The molecular weight excluding hydrogens is 597 g/mol. The van der Waals surface area contributed by atoms with Gasteiger partial charge < -0.3 is 9.84 Å². The normalized spacial score (nSPS) is 14.3. The van der Waals surface area contributed by atoms with Gasteiger partial charge in [-0.25, -0.2) is 4.79 Å². The number of aromatic hydroxyl groups is 1. The third-order valence-corrected chi connectivity index (χ3v) is 4.77. The standard InChI is InChI=1S/C10H5F5I2O6S/c11-9(12,13)8(10(14,15)24(20,21)22)23-7(19)4-1-3(16)2-5(17)6(4)18/h1-2,8,18H,(H,20,21,22). The van der Waals surface area contributed by atoms with Crippen LogP contribution in [-0.4, -0.2) is 41.6 Å². The summed E-state index contributed by atoms with van der Waals surface area (Å²) in [6, 6.07) is 2.17. The number of hydrogen-bond donors (Lipinski definition) is 2. The van der Waals surface area contributed by atoms with Crippen LogP contribution < -0.4 is 0 Å². The summed E-state index contributed by atoms with van der Waals surface area (Å²) in [4.78, 5) is 11.7. The fourth-order valence-corrected chi connectivity index (χ4v) is 3.65. The second-order valence-corrected chi connectivity index (χ2v) is 8.05. The lowest BCUT2D eigenvalue weighted by Crippen LogP contribution is -2.52. The Labute approximate surface area is 158 Å². The first-order valence-corrected chi connectivity index (χ1v) is 8.99. The minimum absolute atomic E-state index is 0.0107. The Balaban J connectivity index is 3.35. The number of esters is 1. The highest BCUT2D eigenvalue weighted by molar-refractivity contribution is 14.1. The van der Waals surface area contributed by atoms with Gasteiger partial charge in [0.15, 0.2) is 0 Å². The van der Waals surface area contributed by atoms with Gasteiger partial charge in [-0.2, -0.15) is 30.4 Å². The maximum Gasteiger partial charge on any atom is 0.432 e. The molecule has 2 N–H and O–H groups in total. The Morgan fingerprint density at radius 1 is 1.17 bits per heavy atom. The van der Waals surface area contributed by atoms with Crippen molar-refractivity contribution in [3.05, 3.63) is 24.8 Å². The number of phenols is 1. The zero-order chi connectivity index (χ0) is 19.1. The topological polar surface area (TPSA) is 101 Å². The van der Waals surface area contributed by atoms with Crippen LogP contribution in [0.3, 0.4) is 0 Å². The lowest BCUT2D eigenvalue weighted by molar-refractivity contribution is -0.248. The fraction of sp³-hybridized carbons (Fsp3) is 0.300. The molecule has 0 aliphatic carbocycles. The van der Waals surface area contributed by atoms with Crippen molar-refractivity contribution in [1.29, 1.82) is 0 Å². The molecule has 1 rings (SSSR count). The molecule has 0 bridgehead atoms. The smallest absolute Gasteiger partial charge is 0.432 e. The summed E-state index contributed by atoms with van der Waals surface area (Å²) in [5, 5.41) is 3.78. The summed E-state index contributed by atoms with van der Waals surface area (Å²) in [5.41, 5.74) is -0.883. The van der Waals surface area contributed by atoms with Crippen molar-refractivity contribution >= 4 is 61.3 Å². The molecule has 0 radical (unpaired) electrons. The first-order valence-electron chi connectivity index (χ1n) is 5.39. The lowest BCUT2D eigenvalue weighted by Gasteiger charge is -2.26. The molecule has 1 unspecified atom stereocenters. The number of rotatable bonds is 4. The van der Waals surface area contributed by atoms with Crippen LogP contribution in [0.15, 0.2) is 12.1 Å². The monoisotopic (exact) mass is 602 g/mol. The van der Waals surface area contributed by atoms with E-state index in [-0.39, 0.29) is 7.14 Å². The van der Waals surface area contributed by atoms with E-state index in [1.54, 1.807) is 22.6 Å². The van der Waals surface area contributed by atoms with Gasteiger partial charge >= 0.3 is 27.5 Å². The molecule has 0 aromatic heterocycles. The van der Waals surface area contributed by atoms with E-state index in [0.29, 0.717) is 0 Å². The zero-order valence-electron chi connectivity index (χ0n) is 10.8. The second kappa shape index (κ2) is 7.02. The van der Waals surface area contributed by atoms with Gasteiger partial charge in [0.25, 0.3) is 6.10 Å². The molecule has 24 heavy (non-hydrogen) atoms. The Bertz CT molecular complexity index is 764. The van der Waals surface area contributed by atoms with Crippen LogP contribution in [0.2, 0.25) is 0 Å². The Kier molecular flexibility index (Phi) is 6.31. The third kappa shape index (κ3) is 4.57. The molecule has 1 aromatic carbocycles. The van der Waals surface area contributed by atoms with E-state index in [2.05, 4.69) is 4.74 Å². The SMILES string of the molecule is O=C(OC(C(F)(F)F)C(F)(F)S(=O)(=O)O)c1cc(I)cc(I)c1O. The Hall–Kier alpha value is -0.490. The average Bonchev–Trinajstić information content (AvgIpc) is 2.36. The highest BCUT2D eigenvalue weighted by Crippen LogP contribution is 2.39. The van der Waals surface area contributed by atoms with Gasteiger partial charge in [0, 0.05) is 3.57 Å². The van der Waals surface area contributed by atoms with Crippen LogP contribution in [0, 0.1) is 7.14 Å². The van der Waals surface area contributed by atoms with E-state index in [1.807, 2.05) is 0 Å². The quantitative estimate of drug-likeness (QED) is 0.238. The van der Waals surface area contributed by atoms with Crippen molar-refractivity contribution in [3.8, 4) is 5.75 Å². The molecule has 0 aliphatic rings. The molecule has 6 nitrogen and oxygen atoms in total. The second-order valence-electron chi connectivity index (χ2n) is 4.15. The molecule has 136 valence electrons. The molecule has 0 heterocycles. The lowest BCUT2D eigenvalue weighted by atomic mass is 10.2. The summed E-state index contributed by atoms with van der Waals surface area (Å²) >= 11 is 3.15. The van der Waals surface area contributed by atoms with Crippen molar-refractivity contribution < 1.29 is 49.6 Å². The van der Waals surface area contributed by atoms with Crippen molar-refractivity contribution in [2.45, 2.75) is 17.5 Å². The maximum absolute atomic E-state index is 13.3. The largest absolute Gasteiger partial charge is 0.506 e. The number of carbonyl (C=O) groups is 1. The van der Waals surface area contributed by atoms with Crippen LogP contribution >= 0.6 is 45.2 Å². The minimum Gasteiger partial charge on any atom is -0.506 e. The summed E-state index contributed by atoms with van der Waals surface area (Å²) in [7, 11) is -6.54. The van der Waals surface area contributed by atoms with Crippen molar-refractivity contribution in [3.63, 3.8) is 0 Å². The van der Waals surface area contributed by atoms with Gasteiger partial charge in [0.05, 0.1) is 3.57 Å². The van der Waals surface area contributed by atoms with E-state index < -0.39 is 44.9 Å². The van der Waals surface area contributed by atoms with Crippen LogP contribution in [0.25, 0.3) is 0 Å². The molecule has 0 aliphatic heterocycles. The van der Waals surface area contributed by atoms with E-state index in [1.165, 1.54) is 28.7 Å². The molecule has 0 fully saturated rings. The summed E-state index contributed by atoms with van der Waals surface area (Å²) < 4.78 is 97.8. The van der Waals surface area contributed by atoms with Gasteiger partial charge in [-0.05, 0) is 57.3 Å². The molecule has 1 aromatic rings. The molecule has 0 saturated heterocycles. The van der Waals surface area contributed by atoms with E-state index >= 15 is 0 Å². The van der Waals surface area contributed by atoms with E-state index in [0.717, 1.165) is 6.07 Å². The van der Waals surface area contributed by atoms with Gasteiger partial charge in [-0.1, -0.05) is 0 Å². The minimum atomic E-state index is -6.54. The molecule has 0 spiro atoms. The van der Waals surface area contributed by atoms with Crippen molar-refractivity contribution in [1.82, 2.24) is 0 Å². The first kappa shape index (κ1) is 21.6. The van der Waals surface area contributed by atoms with Crippen LogP contribution in [0.1, 0.15) is 10.4 Å². The number of phenolic OH excluding ortho intramolecular Hbond substituents is 1. The predicted octanol–water partition coefficient (Wildman–Crippen LogP) is 3.17. The molecule has 0 amide bonds. The zero-order valence-corrected chi connectivity index (χ0v) is 15.9. The summed E-state index contributed by atoms with van der Waals surface area (Å²) in [6.07, 6.45) is -10.5. The number of alkyl halides is 5. The molecule has 1 atom stereocenters. The van der Waals surface area contributed by atoms with Gasteiger partial charge in [-0.3, -0.25) is 4.55 Å². The van der Waals surface area contributed by atoms with Gasteiger partial charge in [-0.15, -0.1) is 0 Å². The number of halogens is 7. The predicted molar refractivity (Wildman–Crippen MR) is 85.3 cm³/mol. The fourth-order valence-electron chi connectivity index (χ4n) is 1.35. The average molecular weight is 602 g/mol. The molecule has 0 saturated carbocycles. The first-order chi connectivity index (χ1) is 10.6. The maximum atomic E-state index is 13.3. The number of ether oxygens (including phenoxy) is 1. The third-order valence-electron chi connectivity index (χ3n) is 2.42. The van der Waals surface area contributed by atoms with Crippen molar-refractivity contribution in [2.24, 2.45) is 0 Å². The Morgan fingerprint density at radius 2 is 1.67 bits per heavy atom. The Morgan fingerprint density at radius 3 is 2.08 bits per heavy atom. The molecule has 14 heteroatoms.